The molecule has 8 heteroatoms. The number of Topliss-reactive ketones (excluding diaryl/α,β-unsaturated/α-hetero) is 2. The molecule has 0 aliphatic heterocycles. The summed E-state index contributed by atoms with van der Waals surface area (Å²) < 4.78 is 10.5. The van der Waals surface area contributed by atoms with Gasteiger partial charge in [-0.15, -0.1) is 0 Å². The average molecular weight is 369 g/mol. The van der Waals surface area contributed by atoms with Gasteiger partial charge in [-0.1, -0.05) is 11.6 Å². The number of fused-ring (bicyclic) bond motifs is 1. The van der Waals surface area contributed by atoms with E-state index < -0.39 is 35.0 Å². The largest absolute Gasteiger partial charge is 0.504 e. The van der Waals surface area contributed by atoms with E-state index in [1.807, 2.05) is 0 Å². The van der Waals surface area contributed by atoms with Gasteiger partial charge in [0.1, 0.15) is 34.4 Å². The molecule has 0 saturated heterocycles. The number of hydrogen-bond acceptors (Lipinski definition) is 7. The van der Waals surface area contributed by atoms with Crippen LogP contribution in [0.3, 0.4) is 0 Å². The minimum absolute atomic E-state index is 0.0850. The Morgan fingerprint density at radius 2 is 1.72 bits per heavy atom. The van der Waals surface area contributed by atoms with E-state index in [2.05, 4.69) is 0 Å². The Hall–Kier alpha value is -2.54. The van der Waals surface area contributed by atoms with Crippen molar-refractivity contribution in [2.24, 2.45) is 0 Å². The lowest BCUT2D eigenvalue weighted by molar-refractivity contribution is -0.126. The van der Waals surface area contributed by atoms with Gasteiger partial charge in [-0.25, -0.2) is 4.79 Å². The SMILES string of the molecule is CCOC(=O)c1c(C)oc2c(C(C(C)=O)C(C)=O)c(Cl)c(O)c(O)c12. The summed E-state index contributed by atoms with van der Waals surface area (Å²) in [5, 5.41) is 19.9. The van der Waals surface area contributed by atoms with E-state index in [4.69, 9.17) is 20.8 Å². The van der Waals surface area contributed by atoms with Crippen molar-refractivity contribution in [3.05, 3.63) is 21.9 Å². The quantitative estimate of drug-likeness (QED) is 0.473. The molecule has 0 aliphatic rings. The van der Waals surface area contributed by atoms with Crippen LogP contribution in [-0.4, -0.2) is 34.4 Å². The number of aromatic hydroxyl groups is 2. The second-order valence-corrected chi connectivity index (χ2v) is 5.91. The highest BCUT2D eigenvalue weighted by Gasteiger charge is 2.35. The van der Waals surface area contributed by atoms with Crippen LogP contribution in [0.2, 0.25) is 5.02 Å². The molecule has 1 heterocycles. The molecule has 0 amide bonds. The normalized spacial score (nSPS) is 11.1. The molecule has 1 aromatic carbocycles. The molecule has 2 aromatic rings. The molecule has 2 N–H and O–H groups in total. The van der Waals surface area contributed by atoms with E-state index in [0.29, 0.717) is 0 Å². The van der Waals surface area contributed by atoms with Gasteiger partial charge in [-0.2, -0.15) is 0 Å². The Bertz CT molecular complexity index is 881. The van der Waals surface area contributed by atoms with Crippen molar-refractivity contribution in [1.82, 2.24) is 0 Å². The molecular weight excluding hydrogens is 352 g/mol. The molecule has 0 radical (unpaired) electrons. The van der Waals surface area contributed by atoms with Crippen LogP contribution in [0.25, 0.3) is 11.0 Å². The molecule has 134 valence electrons. The Morgan fingerprint density at radius 3 is 2.20 bits per heavy atom. The van der Waals surface area contributed by atoms with Gasteiger partial charge in [-0.3, -0.25) is 9.59 Å². The molecular formula is C17H17ClO7. The number of carbonyl (C=O) groups excluding carboxylic acids is 3. The van der Waals surface area contributed by atoms with E-state index in [9.17, 15) is 24.6 Å². The first-order valence-corrected chi connectivity index (χ1v) is 7.85. The van der Waals surface area contributed by atoms with Crippen LogP contribution in [0, 0.1) is 6.92 Å². The molecule has 0 saturated carbocycles. The van der Waals surface area contributed by atoms with Crippen LogP contribution >= 0.6 is 11.6 Å². The lowest BCUT2D eigenvalue weighted by Crippen LogP contribution is -2.18. The van der Waals surface area contributed by atoms with Crippen molar-refractivity contribution in [1.29, 1.82) is 0 Å². The monoisotopic (exact) mass is 368 g/mol. The first-order chi connectivity index (χ1) is 11.6. The highest BCUT2D eigenvalue weighted by Crippen LogP contribution is 2.49. The van der Waals surface area contributed by atoms with Gasteiger partial charge in [0.2, 0.25) is 0 Å². The predicted octanol–water partition coefficient (Wildman–Crippen LogP) is 3.24. The number of phenolic OH excluding ortho intramolecular Hbond substituents is 2. The fraction of sp³-hybridized carbons (Fsp3) is 0.353. The standard InChI is InChI=1S/C17H17ClO7/c1-5-24-17(23)10-8(4)25-16-11(9(6(2)19)7(3)20)13(18)15(22)14(21)12(10)16/h9,21-22H,5H2,1-4H3. The third kappa shape index (κ3) is 2.95. The summed E-state index contributed by atoms with van der Waals surface area (Å²) in [5.74, 6) is -4.46. The summed E-state index contributed by atoms with van der Waals surface area (Å²) in [7, 11) is 0. The highest BCUT2D eigenvalue weighted by atomic mass is 35.5. The van der Waals surface area contributed by atoms with Crippen LogP contribution < -0.4 is 0 Å². The van der Waals surface area contributed by atoms with Gasteiger partial charge in [0.05, 0.1) is 17.0 Å². The zero-order valence-corrected chi connectivity index (χ0v) is 14.9. The second kappa shape index (κ2) is 6.76. The number of benzene rings is 1. The number of ether oxygens (including phenoxy) is 1. The minimum Gasteiger partial charge on any atom is -0.504 e. The van der Waals surface area contributed by atoms with Crippen molar-refractivity contribution < 1.29 is 33.8 Å². The smallest absolute Gasteiger partial charge is 0.342 e. The van der Waals surface area contributed by atoms with Gasteiger partial charge >= 0.3 is 5.97 Å². The van der Waals surface area contributed by atoms with E-state index in [0.717, 1.165) is 0 Å². The third-order valence-electron chi connectivity index (χ3n) is 3.82. The minimum atomic E-state index is -1.30. The molecule has 7 nitrogen and oxygen atoms in total. The maximum absolute atomic E-state index is 12.2. The Morgan fingerprint density at radius 1 is 1.16 bits per heavy atom. The van der Waals surface area contributed by atoms with Crippen LogP contribution in [0.15, 0.2) is 4.42 Å². The molecule has 0 spiro atoms. The summed E-state index contributed by atoms with van der Waals surface area (Å²) in [4.78, 5) is 36.1. The van der Waals surface area contributed by atoms with Gasteiger partial charge in [-0.05, 0) is 27.7 Å². The first kappa shape index (κ1) is 18.8. The van der Waals surface area contributed by atoms with Crippen LogP contribution in [0.5, 0.6) is 11.5 Å². The van der Waals surface area contributed by atoms with Crippen molar-refractivity contribution in [3.63, 3.8) is 0 Å². The van der Waals surface area contributed by atoms with Crippen molar-refractivity contribution in [2.45, 2.75) is 33.6 Å². The number of ketones is 2. The van der Waals surface area contributed by atoms with Gasteiger partial charge < -0.3 is 19.4 Å². The first-order valence-electron chi connectivity index (χ1n) is 7.47. The van der Waals surface area contributed by atoms with Crippen LogP contribution in [-0.2, 0) is 14.3 Å². The van der Waals surface area contributed by atoms with Gasteiger partial charge in [0, 0.05) is 5.56 Å². The zero-order valence-electron chi connectivity index (χ0n) is 14.1. The Balaban J connectivity index is 2.99. The summed E-state index contributed by atoms with van der Waals surface area (Å²) in [6, 6.07) is 0. The Labute approximate surface area is 148 Å². The number of carbonyl (C=O) groups is 3. The van der Waals surface area contributed by atoms with Gasteiger partial charge in [0.15, 0.2) is 11.5 Å². The third-order valence-corrected chi connectivity index (χ3v) is 4.20. The second-order valence-electron chi connectivity index (χ2n) is 5.54. The van der Waals surface area contributed by atoms with Crippen molar-refractivity contribution in [3.8, 4) is 11.5 Å². The van der Waals surface area contributed by atoms with Crippen molar-refractivity contribution in [2.75, 3.05) is 6.61 Å². The molecule has 0 aliphatic carbocycles. The topological polar surface area (TPSA) is 114 Å². The van der Waals surface area contributed by atoms with Gasteiger partial charge in [0.25, 0.3) is 0 Å². The number of esters is 1. The Kier molecular flexibility index (Phi) is 5.08. The fourth-order valence-corrected chi connectivity index (χ4v) is 3.09. The molecule has 0 atom stereocenters. The maximum Gasteiger partial charge on any atom is 0.342 e. The summed E-state index contributed by atoms with van der Waals surface area (Å²) >= 11 is 6.07. The number of halogens is 1. The molecule has 0 bridgehead atoms. The fourth-order valence-electron chi connectivity index (χ4n) is 2.81. The average Bonchev–Trinajstić information content (AvgIpc) is 2.85. The zero-order chi connectivity index (χ0) is 19.0. The van der Waals surface area contributed by atoms with Crippen molar-refractivity contribution >= 4 is 40.1 Å². The number of furan rings is 1. The molecule has 1 aromatic heterocycles. The van der Waals surface area contributed by atoms with E-state index in [-0.39, 0.29) is 39.5 Å². The number of hydrogen-bond donors (Lipinski definition) is 2. The van der Waals surface area contributed by atoms with E-state index in [1.54, 1.807) is 6.92 Å². The van der Waals surface area contributed by atoms with E-state index >= 15 is 0 Å². The molecule has 25 heavy (non-hydrogen) atoms. The lowest BCUT2D eigenvalue weighted by Gasteiger charge is -2.15. The predicted molar refractivity (Wildman–Crippen MR) is 89.4 cm³/mol. The summed E-state index contributed by atoms with van der Waals surface area (Å²) in [5.41, 5.74) is -0.310. The van der Waals surface area contributed by atoms with E-state index in [1.165, 1.54) is 20.8 Å². The maximum atomic E-state index is 12.2. The molecule has 2 rings (SSSR count). The number of rotatable bonds is 5. The van der Waals surface area contributed by atoms with Crippen LogP contribution in [0.4, 0.5) is 0 Å². The number of phenols is 2. The van der Waals surface area contributed by atoms with Crippen LogP contribution in [0.1, 0.15) is 48.4 Å². The lowest BCUT2D eigenvalue weighted by atomic mass is 9.89. The molecule has 0 unspecified atom stereocenters. The summed E-state index contributed by atoms with van der Waals surface area (Å²) in [6.07, 6.45) is 0. The highest BCUT2D eigenvalue weighted by molar-refractivity contribution is 6.35. The molecule has 0 fully saturated rings. The summed E-state index contributed by atoms with van der Waals surface area (Å²) in [6.45, 7) is 5.54. The number of aryl methyl sites for hydroxylation is 1.